The molecule has 0 radical (unpaired) electrons. The maximum Gasteiger partial charge on any atom is 0.0684 e. The highest BCUT2D eigenvalue weighted by atomic mass is 16.5. The van der Waals surface area contributed by atoms with Crippen molar-refractivity contribution in [2.45, 2.75) is 25.7 Å². The van der Waals surface area contributed by atoms with E-state index in [1.807, 2.05) is 0 Å². The van der Waals surface area contributed by atoms with E-state index >= 15 is 0 Å². The van der Waals surface area contributed by atoms with E-state index in [1.54, 1.807) is 11.1 Å². The minimum Gasteiger partial charge on any atom is -0.373 e. The van der Waals surface area contributed by atoms with Crippen molar-refractivity contribution in [3.05, 3.63) is 11.1 Å². The molecule has 9 heavy (non-hydrogen) atoms. The highest BCUT2D eigenvalue weighted by molar-refractivity contribution is 5.21. The molecule has 0 spiro atoms. The van der Waals surface area contributed by atoms with Gasteiger partial charge in [-0.15, -0.1) is 0 Å². The Morgan fingerprint density at radius 1 is 0.889 bits per heavy atom. The molecule has 0 aromatic rings. The number of hydrogen-bond donors (Lipinski definition) is 0. The Morgan fingerprint density at radius 2 is 1.44 bits per heavy atom. The van der Waals surface area contributed by atoms with Crippen LogP contribution in [0.5, 0.6) is 0 Å². The van der Waals surface area contributed by atoms with Gasteiger partial charge in [0.25, 0.3) is 0 Å². The molecule has 1 heterocycles. The molecule has 0 aromatic heterocycles. The zero-order valence-electron chi connectivity index (χ0n) is 5.65. The maximum atomic E-state index is 5.32. The molecule has 0 aromatic carbocycles. The molecule has 2 aliphatic rings. The van der Waals surface area contributed by atoms with Gasteiger partial charge in [0.05, 0.1) is 13.2 Å². The average Bonchev–Trinajstić information content (AvgIpc) is 2.33. The first-order valence-corrected chi connectivity index (χ1v) is 3.74. The second-order valence-electron chi connectivity index (χ2n) is 2.91. The predicted octanol–water partition coefficient (Wildman–Crippen LogP) is 1.89. The predicted molar refractivity (Wildman–Crippen MR) is 36.3 cm³/mol. The van der Waals surface area contributed by atoms with Crippen molar-refractivity contribution in [1.82, 2.24) is 0 Å². The summed E-state index contributed by atoms with van der Waals surface area (Å²) in [7, 11) is 0. The topological polar surface area (TPSA) is 9.23 Å². The van der Waals surface area contributed by atoms with Crippen LogP contribution in [0, 0.1) is 0 Å². The largest absolute Gasteiger partial charge is 0.373 e. The molecule has 0 bridgehead atoms. The van der Waals surface area contributed by atoms with Gasteiger partial charge in [-0.2, -0.15) is 0 Å². The summed E-state index contributed by atoms with van der Waals surface area (Å²) in [5, 5.41) is 0. The Morgan fingerprint density at radius 3 is 2.00 bits per heavy atom. The molecule has 50 valence electrons. The van der Waals surface area contributed by atoms with Crippen molar-refractivity contribution >= 4 is 0 Å². The average molecular weight is 124 g/mol. The lowest BCUT2D eigenvalue weighted by atomic mass is 9.94. The molecule has 0 N–H and O–H groups in total. The minimum atomic E-state index is 0.940. The van der Waals surface area contributed by atoms with Crippen LogP contribution in [0.3, 0.4) is 0 Å². The summed E-state index contributed by atoms with van der Waals surface area (Å²) in [6, 6.07) is 0. The van der Waals surface area contributed by atoms with E-state index < -0.39 is 0 Å². The number of rotatable bonds is 0. The van der Waals surface area contributed by atoms with Crippen LogP contribution in [-0.4, -0.2) is 13.2 Å². The van der Waals surface area contributed by atoms with Crippen LogP contribution in [0.25, 0.3) is 0 Å². The van der Waals surface area contributed by atoms with Crippen LogP contribution in [0.15, 0.2) is 11.1 Å². The van der Waals surface area contributed by atoms with E-state index in [4.69, 9.17) is 4.74 Å². The fourth-order valence-corrected chi connectivity index (χ4v) is 1.68. The normalized spacial score (nSPS) is 26.7. The van der Waals surface area contributed by atoms with Crippen molar-refractivity contribution in [2.75, 3.05) is 13.2 Å². The van der Waals surface area contributed by atoms with Crippen molar-refractivity contribution in [2.24, 2.45) is 0 Å². The Hall–Kier alpha value is -0.300. The minimum absolute atomic E-state index is 0.940. The van der Waals surface area contributed by atoms with Gasteiger partial charge in [0.15, 0.2) is 0 Å². The molecule has 2 rings (SSSR count). The molecule has 0 saturated heterocycles. The third-order valence-electron chi connectivity index (χ3n) is 2.26. The van der Waals surface area contributed by atoms with E-state index in [-0.39, 0.29) is 0 Å². The zero-order chi connectivity index (χ0) is 6.10. The highest BCUT2D eigenvalue weighted by Crippen LogP contribution is 2.28. The lowest BCUT2D eigenvalue weighted by Gasteiger charge is -2.10. The summed E-state index contributed by atoms with van der Waals surface area (Å²) in [6.07, 6.45) is 5.41. The Balaban J connectivity index is 2.17. The van der Waals surface area contributed by atoms with Gasteiger partial charge in [-0.1, -0.05) is 0 Å². The Kier molecular flexibility index (Phi) is 1.31. The molecule has 0 amide bonds. The molecule has 1 aliphatic carbocycles. The van der Waals surface area contributed by atoms with E-state index in [2.05, 4.69) is 0 Å². The summed E-state index contributed by atoms with van der Waals surface area (Å²) in [6.45, 7) is 1.88. The zero-order valence-corrected chi connectivity index (χ0v) is 5.65. The smallest absolute Gasteiger partial charge is 0.0684 e. The van der Waals surface area contributed by atoms with E-state index in [9.17, 15) is 0 Å². The quantitative estimate of drug-likeness (QED) is 0.448. The molecule has 1 nitrogen and oxygen atoms in total. The Bertz CT molecular complexity index is 131. The summed E-state index contributed by atoms with van der Waals surface area (Å²) in [5.41, 5.74) is 3.22. The van der Waals surface area contributed by atoms with Crippen molar-refractivity contribution in [3.8, 4) is 0 Å². The van der Waals surface area contributed by atoms with Crippen molar-refractivity contribution < 1.29 is 4.74 Å². The third kappa shape index (κ3) is 0.897. The molecule has 1 aliphatic heterocycles. The van der Waals surface area contributed by atoms with Crippen LogP contribution in [0.2, 0.25) is 0 Å². The van der Waals surface area contributed by atoms with Gasteiger partial charge in [-0.25, -0.2) is 0 Å². The molecule has 1 heteroatoms. The summed E-state index contributed by atoms with van der Waals surface area (Å²) in [4.78, 5) is 0. The van der Waals surface area contributed by atoms with Crippen LogP contribution >= 0.6 is 0 Å². The third-order valence-corrected chi connectivity index (χ3v) is 2.26. The summed E-state index contributed by atoms with van der Waals surface area (Å²) in [5.74, 6) is 0. The number of hydrogen-bond acceptors (Lipinski definition) is 1. The monoisotopic (exact) mass is 124 g/mol. The molecule has 0 fully saturated rings. The Labute approximate surface area is 55.7 Å². The van der Waals surface area contributed by atoms with Crippen LogP contribution < -0.4 is 0 Å². The van der Waals surface area contributed by atoms with Gasteiger partial charge in [0.1, 0.15) is 0 Å². The van der Waals surface area contributed by atoms with Gasteiger partial charge in [-0.3, -0.25) is 0 Å². The van der Waals surface area contributed by atoms with E-state index in [0.29, 0.717) is 0 Å². The second kappa shape index (κ2) is 2.14. The van der Waals surface area contributed by atoms with Crippen molar-refractivity contribution in [1.29, 1.82) is 0 Å². The van der Waals surface area contributed by atoms with Gasteiger partial charge in [0.2, 0.25) is 0 Å². The van der Waals surface area contributed by atoms with Gasteiger partial charge in [0, 0.05) is 0 Å². The van der Waals surface area contributed by atoms with E-state index in [1.165, 1.54) is 25.7 Å². The maximum absolute atomic E-state index is 5.32. The fraction of sp³-hybridized carbons (Fsp3) is 0.750. The van der Waals surface area contributed by atoms with E-state index in [0.717, 1.165) is 13.2 Å². The fourth-order valence-electron chi connectivity index (χ4n) is 1.68. The molecule has 0 unspecified atom stereocenters. The lowest BCUT2D eigenvalue weighted by Crippen LogP contribution is -1.96. The molecule has 0 atom stereocenters. The summed E-state index contributed by atoms with van der Waals surface area (Å²) >= 11 is 0. The molecular weight excluding hydrogens is 112 g/mol. The SMILES string of the molecule is C1CCC2=C(C1)COC2. The first-order chi connectivity index (χ1) is 4.47. The lowest BCUT2D eigenvalue weighted by molar-refractivity contribution is 0.203. The molecule has 0 saturated carbocycles. The van der Waals surface area contributed by atoms with Crippen LogP contribution in [-0.2, 0) is 4.74 Å². The molecular formula is C8H12O. The van der Waals surface area contributed by atoms with Crippen molar-refractivity contribution in [3.63, 3.8) is 0 Å². The van der Waals surface area contributed by atoms with Crippen LogP contribution in [0.4, 0.5) is 0 Å². The highest BCUT2D eigenvalue weighted by Gasteiger charge is 2.17. The standard InChI is InChI=1S/C8H12O/c1-2-4-8-6-9-5-7(8)3-1/h1-6H2. The second-order valence-corrected chi connectivity index (χ2v) is 2.91. The van der Waals surface area contributed by atoms with Crippen LogP contribution in [0.1, 0.15) is 25.7 Å². The first kappa shape index (κ1) is 5.48. The van der Waals surface area contributed by atoms with Gasteiger partial charge in [-0.05, 0) is 36.8 Å². The van der Waals surface area contributed by atoms with Gasteiger partial charge >= 0.3 is 0 Å². The summed E-state index contributed by atoms with van der Waals surface area (Å²) < 4.78 is 5.32. The first-order valence-electron chi connectivity index (χ1n) is 3.74. The number of ether oxygens (including phenoxy) is 1. The van der Waals surface area contributed by atoms with Gasteiger partial charge < -0.3 is 4.74 Å².